The van der Waals surface area contributed by atoms with Crippen molar-refractivity contribution >= 4 is 5.69 Å². The molecule has 0 spiro atoms. The Kier molecular flexibility index (Phi) is 4.66. The quantitative estimate of drug-likeness (QED) is 0.876. The van der Waals surface area contributed by atoms with Gasteiger partial charge >= 0.3 is 0 Å². The van der Waals surface area contributed by atoms with Crippen molar-refractivity contribution in [3.8, 4) is 5.75 Å². The molecular formula is C15H24N2O2. The van der Waals surface area contributed by atoms with Crippen molar-refractivity contribution in [2.24, 2.45) is 0 Å². The van der Waals surface area contributed by atoms with Gasteiger partial charge in [-0.2, -0.15) is 0 Å². The lowest BCUT2D eigenvalue weighted by molar-refractivity contribution is 0.0989. The van der Waals surface area contributed by atoms with E-state index in [-0.39, 0.29) is 6.04 Å². The molecule has 1 saturated heterocycles. The van der Waals surface area contributed by atoms with Crippen molar-refractivity contribution in [1.29, 1.82) is 0 Å². The number of anilines is 1. The highest BCUT2D eigenvalue weighted by atomic mass is 16.5. The Morgan fingerprint density at radius 2 is 2.32 bits per heavy atom. The van der Waals surface area contributed by atoms with E-state index in [2.05, 4.69) is 37.1 Å². The number of phenols is 1. The maximum Gasteiger partial charge on any atom is 0.122 e. The lowest BCUT2D eigenvalue weighted by Crippen LogP contribution is -2.43. The van der Waals surface area contributed by atoms with E-state index in [4.69, 9.17) is 4.74 Å². The van der Waals surface area contributed by atoms with Crippen LogP contribution in [-0.4, -0.2) is 37.5 Å². The van der Waals surface area contributed by atoms with Gasteiger partial charge in [-0.15, -0.1) is 0 Å². The van der Waals surface area contributed by atoms with E-state index in [0.29, 0.717) is 11.8 Å². The molecule has 1 aliphatic heterocycles. The summed E-state index contributed by atoms with van der Waals surface area (Å²) in [4.78, 5) is 2.28. The fraction of sp³-hybridized carbons (Fsp3) is 0.600. The Balaban J connectivity index is 2.18. The van der Waals surface area contributed by atoms with Gasteiger partial charge in [0.15, 0.2) is 0 Å². The second-order valence-corrected chi connectivity index (χ2v) is 5.14. The van der Waals surface area contributed by atoms with Crippen LogP contribution in [0, 0.1) is 0 Å². The molecule has 2 rings (SSSR count). The van der Waals surface area contributed by atoms with Crippen molar-refractivity contribution in [2.75, 3.05) is 31.2 Å². The number of nitrogens with zero attached hydrogens (tertiary/aromatic N) is 1. The lowest BCUT2D eigenvalue weighted by atomic mass is 10.1. The Morgan fingerprint density at radius 3 is 2.95 bits per heavy atom. The average Bonchev–Trinajstić information content (AvgIpc) is 2.39. The highest BCUT2D eigenvalue weighted by Crippen LogP contribution is 2.30. The number of aromatic hydroxyl groups is 1. The summed E-state index contributed by atoms with van der Waals surface area (Å²) in [6, 6.07) is 6.49. The molecule has 1 aromatic carbocycles. The predicted octanol–water partition coefficient (Wildman–Crippen LogP) is 2.29. The molecule has 1 aliphatic rings. The summed E-state index contributed by atoms with van der Waals surface area (Å²) in [7, 11) is 0. The van der Waals surface area contributed by atoms with Crippen LogP contribution in [0.2, 0.25) is 0 Å². The van der Waals surface area contributed by atoms with Crippen LogP contribution in [-0.2, 0) is 4.74 Å². The van der Waals surface area contributed by atoms with Crippen LogP contribution in [0.3, 0.4) is 0 Å². The van der Waals surface area contributed by atoms with Crippen LogP contribution in [0.1, 0.15) is 32.4 Å². The molecule has 1 aromatic rings. The van der Waals surface area contributed by atoms with Crippen molar-refractivity contribution in [3.05, 3.63) is 23.8 Å². The van der Waals surface area contributed by atoms with E-state index in [1.807, 2.05) is 12.1 Å². The van der Waals surface area contributed by atoms with Crippen LogP contribution in [0.5, 0.6) is 5.75 Å². The third-order valence-electron chi connectivity index (χ3n) is 3.69. The van der Waals surface area contributed by atoms with Crippen molar-refractivity contribution in [2.45, 2.75) is 32.9 Å². The number of rotatable bonds is 4. The maximum absolute atomic E-state index is 10.2. The Labute approximate surface area is 115 Å². The van der Waals surface area contributed by atoms with Crippen LogP contribution in [0.15, 0.2) is 18.2 Å². The zero-order chi connectivity index (χ0) is 13.8. The minimum atomic E-state index is 0.168. The number of nitrogens with one attached hydrogen (secondary N) is 1. The number of ether oxygens (including phenoxy) is 1. The van der Waals surface area contributed by atoms with Gasteiger partial charge in [0.25, 0.3) is 0 Å². The molecule has 1 heterocycles. The Bertz CT molecular complexity index is 423. The van der Waals surface area contributed by atoms with Gasteiger partial charge in [0.1, 0.15) is 5.75 Å². The second kappa shape index (κ2) is 6.26. The van der Waals surface area contributed by atoms with E-state index >= 15 is 0 Å². The van der Waals surface area contributed by atoms with E-state index in [1.54, 1.807) is 0 Å². The first kappa shape index (κ1) is 14.2. The molecule has 0 bridgehead atoms. The summed E-state index contributed by atoms with van der Waals surface area (Å²) in [5, 5.41) is 13.5. The molecule has 4 nitrogen and oxygen atoms in total. The van der Waals surface area contributed by atoms with Gasteiger partial charge in [0, 0.05) is 35.9 Å². The molecule has 19 heavy (non-hydrogen) atoms. The van der Waals surface area contributed by atoms with E-state index in [9.17, 15) is 5.11 Å². The number of benzene rings is 1. The molecule has 2 N–H and O–H groups in total. The molecule has 106 valence electrons. The van der Waals surface area contributed by atoms with Gasteiger partial charge in [-0.05, 0) is 26.5 Å². The molecular weight excluding hydrogens is 240 g/mol. The minimum Gasteiger partial charge on any atom is -0.508 e. The summed E-state index contributed by atoms with van der Waals surface area (Å²) in [6.07, 6.45) is 0. The highest BCUT2D eigenvalue weighted by molar-refractivity contribution is 5.55. The molecule has 2 unspecified atom stereocenters. The summed E-state index contributed by atoms with van der Waals surface area (Å²) in [5.41, 5.74) is 2.02. The average molecular weight is 264 g/mol. The second-order valence-electron chi connectivity index (χ2n) is 5.14. The summed E-state index contributed by atoms with van der Waals surface area (Å²) >= 11 is 0. The molecule has 4 heteroatoms. The fourth-order valence-corrected chi connectivity index (χ4v) is 2.60. The zero-order valence-electron chi connectivity index (χ0n) is 12.0. The topological polar surface area (TPSA) is 44.7 Å². The normalized spacial score (nSPS) is 21.4. The molecule has 0 aromatic heterocycles. The van der Waals surface area contributed by atoms with E-state index < -0.39 is 0 Å². The van der Waals surface area contributed by atoms with Crippen LogP contribution in [0.4, 0.5) is 5.69 Å². The van der Waals surface area contributed by atoms with Gasteiger partial charge < -0.3 is 20.1 Å². The third-order valence-corrected chi connectivity index (χ3v) is 3.69. The first-order valence-electron chi connectivity index (χ1n) is 7.04. The Morgan fingerprint density at radius 1 is 1.53 bits per heavy atom. The first-order chi connectivity index (χ1) is 9.13. The number of hydrogen-bond acceptors (Lipinski definition) is 4. The number of phenolic OH excluding ortho intramolecular Hbond substituents is 1. The summed E-state index contributed by atoms with van der Waals surface area (Å²) < 4.78 is 5.44. The van der Waals surface area contributed by atoms with Gasteiger partial charge in [0.2, 0.25) is 0 Å². The number of morpholine rings is 1. The molecule has 1 fully saturated rings. The van der Waals surface area contributed by atoms with E-state index in [1.165, 1.54) is 0 Å². The van der Waals surface area contributed by atoms with E-state index in [0.717, 1.165) is 37.6 Å². The molecule has 0 saturated carbocycles. The molecule has 0 aliphatic carbocycles. The summed E-state index contributed by atoms with van der Waals surface area (Å²) in [5.74, 6) is 0.365. The Hall–Kier alpha value is -1.26. The lowest BCUT2D eigenvalue weighted by Gasteiger charge is -2.35. The molecule has 0 amide bonds. The SMILES string of the molecule is CCNC(C)c1ccc(N2CCOCC2C)cc1O. The monoisotopic (exact) mass is 264 g/mol. The predicted molar refractivity (Wildman–Crippen MR) is 77.8 cm³/mol. The van der Waals surface area contributed by atoms with Crippen molar-refractivity contribution < 1.29 is 9.84 Å². The molecule has 0 radical (unpaired) electrons. The van der Waals surface area contributed by atoms with Gasteiger partial charge in [-0.1, -0.05) is 13.0 Å². The van der Waals surface area contributed by atoms with Crippen LogP contribution < -0.4 is 10.2 Å². The third kappa shape index (κ3) is 3.19. The first-order valence-corrected chi connectivity index (χ1v) is 7.04. The van der Waals surface area contributed by atoms with Crippen molar-refractivity contribution in [3.63, 3.8) is 0 Å². The van der Waals surface area contributed by atoms with Gasteiger partial charge in [-0.25, -0.2) is 0 Å². The van der Waals surface area contributed by atoms with Gasteiger partial charge in [0.05, 0.1) is 13.2 Å². The minimum absolute atomic E-state index is 0.168. The van der Waals surface area contributed by atoms with Crippen LogP contribution in [0.25, 0.3) is 0 Å². The smallest absolute Gasteiger partial charge is 0.122 e. The fourth-order valence-electron chi connectivity index (χ4n) is 2.60. The molecule has 2 atom stereocenters. The largest absolute Gasteiger partial charge is 0.508 e. The summed E-state index contributed by atoms with van der Waals surface area (Å²) in [6.45, 7) is 9.54. The van der Waals surface area contributed by atoms with Crippen molar-refractivity contribution in [1.82, 2.24) is 5.32 Å². The van der Waals surface area contributed by atoms with Gasteiger partial charge in [-0.3, -0.25) is 0 Å². The zero-order valence-corrected chi connectivity index (χ0v) is 12.0. The maximum atomic E-state index is 10.2. The van der Waals surface area contributed by atoms with Crippen LogP contribution >= 0.6 is 0 Å². The number of hydrogen-bond donors (Lipinski definition) is 2. The highest BCUT2D eigenvalue weighted by Gasteiger charge is 2.20. The standard InChI is InChI=1S/C15H24N2O2/c1-4-16-12(3)14-6-5-13(9-15(14)18)17-7-8-19-10-11(17)2/h5-6,9,11-12,16,18H,4,7-8,10H2,1-3H3.